The maximum absolute atomic E-state index is 5.12. The lowest BCUT2D eigenvalue weighted by Gasteiger charge is -2.20. The highest BCUT2D eigenvalue weighted by Gasteiger charge is 2.08. The van der Waals surface area contributed by atoms with Crippen molar-refractivity contribution in [3.63, 3.8) is 0 Å². The molecule has 0 spiro atoms. The molecule has 2 aromatic heterocycles. The number of ether oxygens (including phenoxy) is 1. The van der Waals surface area contributed by atoms with Crippen LogP contribution in [0.3, 0.4) is 0 Å². The first kappa shape index (κ1) is 11.9. The topological polar surface area (TPSA) is 30.3 Å². The Hall–Kier alpha value is -1.55. The van der Waals surface area contributed by atoms with Crippen molar-refractivity contribution < 1.29 is 4.74 Å². The second-order valence-electron chi connectivity index (χ2n) is 4.54. The summed E-state index contributed by atoms with van der Waals surface area (Å²) in [4.78, 5) is 6.62. The van der Waals surface area contributed by atoms with Crippen molar-refractivity contribution in [1.82, 2.24) is 14.5 Å². The van der Waals surface area contributed by atoms with E-state index in [0.29, 0.717) is 11.9 Å². The Morgan fingerprint density at radius 3 is 2.76 bits per heavy atom. The lowest BCUT2D eigenvalue weighted by atomic mass is 10.3. The molecule has 0 aliphatic rings. The van der Waals surface area contributed by atoms with Crippen molar-refractivity contribution in [2.75, 3.05) is 21.2 Å². The number of hydrogen-bond acceptors (Lipinski definition) is 3. The average Bonchev–Trinajstić information content (AvgIpc) is 2.71. The van der Waals surface area contributed by atoms with Crippen LogP contribution in [0, 0.1) is 0 Å². The summed E-state index contributed by atoms with van der Waals surface area (Å²) in [7, 11) is 5.83. The Bertz CT molecular complexity index is 504. The Labute approximate surface area is 102 Å². The highest BCUT2D eigenvalue weighted by molar-refractivity contribution is 5.76. The van der Waals surface area contributed by atoms with Crippen LogP contribution in [0.15, 0.2) is 24.4 Å². The van der Waals surface area contributed by atoms with Gasteiger partial charge >= 0.3 is 0 Å². The lowest BCUT2D eigenvalue weighted by molar-refractivity contribution is 0.286. The Morgan fingerprint density at radius 1 is 1.35 bits per heavy atom. The van der Waals surface area contributed by atoms with Crippen molar-refractivity contribution in [3.8, 4) is 5.88 Å². The van der Waals surface area contributed by atoms with Crippen molar-refractivity contribution in [1.29, 1.82) is 0 Å². The molecule has 17 heavy (non-hydrogen) atoms. The highest BCUT2D eigenvalue weighted by atomic mass is 16.5. The van der Waals surface area contributed by atoms with Gasteiger partial charge in [-0.2, -0.15) is 0 Å². The predicted molar refractivity (Wildman–Crippen MR) is 69.4 cm³/mol. The molecule has 0 fully saturated rings. The summed E-state index contributed by atoms with van der Waals surface area (Å²) in [6.45, 7) is 3.17. The van der Waals surface area contributed by atoms with Crippen LogP contribution in [0.25, 0.3) is 11.0 Å². The van der Waals surface area contributed by atoms with Gasteiger partial charge in [0, 0.05) is 24.8 Å². The van der Waals surface area contributed by atoms with Gasteiger partial charge in [0.1, 0.15) is 0 Å². The molecular weight excluding hydrogens is 214 g/mol. The van der Waals surface area contributed by atoms with Crippen LogP contribution in [0.5, 0.6) is 5.88 Å². The predicted octanol–water partition coefficient (Wildman–Crippen LogP) is 1.99. The van der Waals surface area contributed by atoms with E-state index in [1.54, 1.807) is 7.11 Å². The van der Waals surface area contributed by atoms with Gasteiger partial charge in [-0.25, -0.2) is 4.98 Å². The summed E-state index contributed by atoms with van der Waals surface area (Å²) in [6, 6.07) is 6.48. The Balaban J connectivity index is 2.30. The monoisotopic (exact) mass is 233 g/mol. The maximum atomic E-state index is 5.12. The molecule has 0 amide bonds. The molecule has 0 unspecified atom stereocenters. The summed E-state index contributed by atoms with van der Waals surface area (Å²) in [5, 5.41) is 0. The smallest absolute Gasteiger partial charge is 0.213 e. The average molecular weight is 233 g/mol. The SMILES string of the molecule is COc1ccc2c(ccn2C[C@@H](C)N(C)C)n1. The maximum Gasteiger partial charge on any atom is 0.213 e. The van der Waals surface area contributed by atoms with Crippen molar-refractivity contribution in [2.45, 2.75) is 19.5 Å². The fourth-order valence-corrected chi connectivity index (χ4v) is 1.78. The number of rotatable bonds is 4. The zero-order valence-electron chi connectivity index (χ0n) is 10.8. The van der Waals surface area contributed by atoms with Crippen molar-refractivity contribution >= 4 is 11.0 Å². The Kier molecular flexibility index (Phi) is 3.33. The molecule has 2 rings (SSSR count). The van der Waals surface area contributed by atoms with Gasteiger partial charge in [0.15, 0.2) is 0 Å². The first-order valence-corrected chi connectivity index (χ1v) is 5.78. The number of fused-ring (bicyclic) bond motifs is 1. The van der Waals surface area contributed by atoms with Gasteiger partial charge in [-0.3, -0.25) is 0 Å². The minimum atomic E-state index is 0.493. The van der Waals surface area contributed by atoms with E-state index in [0.717, 1.165) is 17.6 Å². The third kappa shape index (κ3) is 2.42. The standard InChI is InChI=1S/C13H19N3O/c1-10(15(2)3)9-16-8-7-11-12(16)5-6-13(14-11)17-4/h5-8,10H,9H2,1-4H3/t10-/m1/s1. The molecule has 4 heteroatoms. The molecule has 0 aliphatic heterocycles. The van der Waals surface area contributed by atoms with Crippen LogP contribution in [-0.4, -0.2) is 41.7 Å². The van der Waals surface area contributed by atoms with E-state index >= 15 is 0 Å². The highest BCUT2D eigenvalue weighted by Crippen LogP contribution is 2.18. The van der Waals surface area contributed by atoms with Gasteiger partial charge in [-0.05, 0) is 33.2 Å². The van der Waals surface area contributed by atoms with Crippen molar-refractivity contribution in [3.05, 3.63) is 24.4 Å². The van der Waals surface area contributed by atoms with E-state index in [1.165, 1.54) is 0 Å². The van der Waals surface area contributed by atoms with Gasteiger partial charge < -0.3 is 14.2 Å². The van der Waals surface area contributed by atoms with E-state index in [1.807, 2.05) is 12.1 Å². The number of nitrogens with zero attached hydrogens (tertiary/aromatic N) is 3. The molecule has 0 aliphatic carbocycles. The number of hydrogen-bond donors (Lipinski definition) is 0. The normalized spacial score (nSPS) is 13.2. The minimum Gasteiger partial charge on any atom is -0.481 e. The number of likely N-dealkylation sites (N-methyl/N-ethyl adjacent to an activating group) is 1. The lowest BCUT2D eigenvalue weighted by Crippen LogP contribution is -2.28. The largest absolute Gasteiger partial charge is 0.481 e. The van der Waals surface area contributed by atoms with Gasteiger partial charge in [-0.15, -0.1) is 0 Å². The first-order valence-electron chi connectivity index (χ1n) is 5.78. The molecule has 0 saturated carbocycles. The van der Waals surface area contributed by atoms with Crippen LogP contribution in [0.2, 0.25) is 0 Å². The molecule has 1 atom stereocenters. The second kappa shape index (κ2) is 4.75. The van der Waals surface area contributed by atoms with Gasteiger partial charge in [0.25, 0.3) is 0 Å². The number of methoxy groups -OCH3 is 1. The van der Waals surface area contributed by atoms with Gasteiger partial charge in [-0.1, -0.05) is 0 Å². The second-order valence-corrected chi connectivity index (χ2v) is 4.54. The molecule has 0 N–H and O–H groups in total. The van der Waals surface area contributed by atoms with Crippen LogP contribution >= 0.6 is 0 Å². The van der Waals surface area contributed by atoms with E-state index in [9.17, 15) is 0 Å². The quantitative estimate of drug-likeness (QED) is 0.809. The summed E-state index contributed by atoms with van der Waals surface area (Å²) >= 11 is 0. The Morgan fingerprint density at radius 2 is 2.12 bits per heavy atom. The molecule has 0 radical (unpaired) electrons. The molecule has 0 bridgehead atoms. The third-order valence-electron chi connectivity index (χ3n) is 3.15. The number of pyridine rings is 1. The van der Waals surface area contributed by atoms with Crippen molar-refractivity contribution in [2.24, 2.45) is 0 Å². The minimum absolute atomic E-state index is 0.493. The third-order valence-corrected chi connectivity index (χ3v) is 3.15. The summed E-state index contributed by atoms with van der Waals surface area (Å²) in [6.07, 6.45) is 2.08. The van der Waals surface area contributed by atoms with Crippen LogP contribution in [0.1, 0.15) is 6.92 Å². The molecule has 4 nitrogen and oxygen atoms in total. The van der Waals surface area contributed by atoms with Crippen LogP contribution in [-0.2, 0) is 6.54 Å². The fraction of sp³-hybridized carbons (Fsp3) is 0.462. The molecule has 92 valence electrons. The number of aromatic nitrogens is 2. The van der Waals surface area contributed by atoms with Crippen LogP contribution in [0.4, 0.5) is 0 Å². The molecule has 0 saturated heterocycles. The first-order chi connectivity index (χ1) is 8.11. The molecule has 2 heterocycles. The summed E-state index contributed by atoms with van der Waals surface area (Å²) in [5.74, 6) is 0.663. The van der Waals surface area contributed by atoms with E-state index < -0.39 is 0 Å². The fourth-order valence-electron chi connectivity index (χ4n) is 1.78. The molecule has 2 aromatic rings. The van der Waals surface area contributed by atoms with Gasteiger partial charge in [0.05, 0.1) is 18.1 Å². The summed E-state index contributed by atoms with van der Waals surface area (Å²) < 4.78 is 7.35. The zero-order valence-corrected chi connectivity index (χ0v) is 10.8. The molecular formula is C13H19N3O. The van der Waals surface area contributed by atoms with E-state index in [2.05, 4.69) is 47.7 Å². The zero-order chi connectivity index (χ0) is 12.4. The van der Waals surface area contributed by atoms with Crippen LogP contribution < -0.4 is 4.74 Å². The van der Waals surface area contributed by atoms with E-state index in [-0.39, 0.29) is 0 Å². The molecule has 0 aromatic carbocycles. The van der Waals surface area contributed by atoms with Gasteiger partial charge in [0.2, 0.25) is 5.88 Å². The van der Waals surface area contributed by atoms with E-state index in [4.69, 9.17) is 4.74 Å². The summed E-state index contributed by atoms with van der Waals surface area (Å²) in [5.41, 5.74) is 2.13.